The van der Waals surface area contributed by atoms with Gasteiger partial charge in [-0.2, -0.15) is 0 Å². The van der Waals surface area contributed by atoms with Crippen LogP contribution in [0.2, 0.25) is 5.02 Å². The van der Waals surface area contributed by atoms with Crippen LogP contribution in [0.1, 0.15) is 0 Å². The van der Waals surface area contributed by atoms with Gasteiger partial charge < -0.3 is 5.11 Å². The Bertz CT molecular complexity index is 394. The zero-order chi connectivity index (χ0) is 7.84. The van der Waals surface area contributed by atoms with Crippen molar-refractivity contribution in [1.29, 1.82) is 0 Å². The molecule has 2 aromatic rings. The third kappa shape index (κ3) is 1.08. The van der Waals surface area contributed by atoms with Gasteiger partial charge in [-0.25, -0.2) is 0 Å². The van der Waals surface area contributed by atoms with E-state index in [2.05, 4.69) is 0 Å². The Morgan fingerprint density at radius 1 is 1.36 bits per heavy atom. The van der Waals surface area contributed by atoms with E-state index >= 15 is 0 Å². The van der Waals surface area contributed by atoms with Crippen LogP contribution < -0.4 is 0 Å². The van der Waals surface area contributed by atoms with Crippen LogP contribution in [0.4, 0.5) is 0 Å². The molecule has 0 aliphatic rings. The molecular formula is C8H5ClOS. The maximum atomic E-state index is 9.27. The number of rotatable bonds is 0. The molecule has 0 radical (unpaired) electrons. The average molecular weight is 185 g/mol. The normalized spacial score (nSPS) is 10.6. The van der Waals surface area contributed by atoms with Crippen molar-refractivity contribution in [3.8, 4) is 5.75 Å². The Morgan fingerprint density at radius 2 is 2.18 bits per heavy atom. The number of benzene rings is 1. The molecule has 2 rings (SSSR count). The van der Waals surface area contributed by atoms with Crippen molar-refractivity contribution < 1.29 is 5.11 Å². The summed E-state index contributed by atoms with van der Waals surface area (Å²) in [7, 11) is 0. The summed E-state index contributed by atoms with van der Waals surface area (Å²) in [6.07, 6.45) is 0. The zero-order valence-corrected chi connectivity index (χ0v) is 7.12. The standard InChI is InChI=1S/C8H5ClOS/c9-5-1-2-6-7(10)4-11-8(6)3-5/h1-4,10H. The van der Waals surface area contributed by atoms with Crippen molar-refractivity contribution in [2.45, 2.75) is 0 Å². The van der Waals surface area contributed by atoms with E-state index < -0.39 is 0 Å². The summed E-state index contributed by atoms with van der Waals surface area (Å²) in [5.41, 5.74) is 0. The molecule has 1 nitrogen and oxygen atoms in total. The number of thiophene rings is 1. The summed E-state index contributed by atoms with van der Waals surface area (Å²) in [5.74, 6) is 0.335. The minimum absolute atomic E-state index is 0.335. The lowest BCUT2D eigenvalue weighted by Gasteiger charge is -1.90. The second kappa shape index (κ2) is 2.40. The van der Waals surface area contributed by atoms with Crippen molar-refractivity contribution in [3.63, 3.8) is 0 Å². The van der Waals surface area contributed by atoms with Crippen LogP contribution in [0.15, 0.2) is 23.6 Å². The molecule has 0 atom stereocenters. The summed E-state index contributed by atoms with van der Waals surface area (Å²) < 4.78 is 1.02. The van der Waals surface area contributed by atoms with Crippen LogP contribution in [-0.2, 0) is 0 Å². The highest BCUT2D eigenvalue weighted by Crippen LogP contribution is 2.32. The third-order valence-corrected chi connectivity index (χ3v) is 2.69. The molecule has 1 heterocycles. The first kappa shape index (κ1) is 6.95. The van der Waals surface area contributed by atoms with Crippen LogP contribution in [-0.4, -0.2) is 5.11 Å². The van der Waals surface area contributed by atoms with Gasteiger partial charge >= 0.3 is 0 Å². The molecule has 0 bridgehead atoms. The lowest BCUT2D eigenvalue weighted by molar-refractivity contribution is 0.483. The number of hydrogen-bond acceptors (Lipinski definition) is 2. The van der Waals surface area contributed by atoms with E-state index in [1.165, 1.54) is 11.3 Å². The fourth-order valence-corrected chi connectivity index (χ4v) is 2.09. The fourth-order valence-electron chi connectivity index (χ4n) is 0.988. The maximum Gasteiger partial charge on any atom is 0.134 e. The van der Waals surface area contributed by atoms with Crippen LogP contribution in [0.3, 0.4) is 0 Å². The molecule has 1 N–H and O–H groups in total. The quantitative estimate of drug-likeness (QED) is 0.667. The molecule has 1 aromatic carbocycles. The number of fused-ring (bicyclic) bond motifs is 1. The Labute approximate surface area is 72.9 Å². The van der Waals surface area contributed by atoms with Gasteiger partial charge in [0.1, 0.15) is 5.75 Å². The molecule has 0 aliphatic heterocycles. The molecule has 3 heteroatoms. The van der Waals surface area contributed by atoms with E-state index in [-0.39, 0.29) is 0 Å². The molecule has 11 heavy (non-hydrogen) atoms. The lowest BCUT2D eigenvalue weighted by Crippen LogP contribution is -1.63. The van der Waals surface area contributed by atoms with E-state index in [1.54, 1.807) is 11.4 Å². The summed E-state index contributed by atoms with van der Waals surface area (Å²) in [6, 6.07) is 5.45. The first-order valence-corrected chi connectivity index (χ1v) is 4.39. The number of aromatic hydroxyl groups is 1. The largest absolute Gasteiger partial charge is 0.506 e. The second-order valence-corrected chi connectivity index (χ2v) is 3.61. The van der Waals surface area contributed by atoms with Gasteiger partial charge in [-0.1, -0.05) is 11.6 Å². The van der Waals surface area contributed by atoms with Gasteiger partial charge in [-0.05, 0) is 18.2 Å². The van der Waals surface area contributed by atoms with Crippen molar-refractivity contribution in [3.05, 3.63) is 28.6 Å². The highest BCUT2D eigenvalue weighted by molar-refractivity contribution is 7.17. The van der Waals surface area contributed by atoms with Gasteiger partial charge in [-0.3, -0.25) is 0 Å². The van der Waals surface area contributed by atoms with Gasteiger partial charge in [0.05, 0.1) is 0 Å². The van der Waals surface area contributed by atoms with E-state index in [0.717, 1.165) is 10.1 Å². The Morgan fingerprint density at radius 3 is 3.00 bits per heavy atom. The SMILES string of the molecule is Oc1csc2cc(Cl)ccc12. The smallest absolute Gasteiger partial charge is 0.134 e. The Balaban J connectivity index is 2.86. The number of halogens is 1. The van der Waals surface area contributed by atoms with Crippen molar-refractivity contribution in [2.75, 3.05) is 0 Å². The molecule has 0 saturated heterocycles. The van der Waals surface area contributed by atoms with Crippen molar-refractivity contribution >= 4 is 33.0 Å². The number of hydrogen-bond donors (Lipinski definition) is 1. The second-order valence-electron chi connectivity index (χ2n) is 2.26. The van der Waals surface area contributed by atoms with Gasteiger partial charge in [0.15, 0.2) is 0 Å². The van der Waals surface area contributed by atoms with Gasteiger partial charge in [0, 0.05) is 20.5 Å². The fraction of sp³-hybridized carbons (Fsp3) is 0. The van der Waals surface area contributed by atoms with Crippen LogP contribution in [0.25, 0.3) is 10.1 Å². The van der Waals surface area contributed by atoms with E-state index in [1.807, 2.05) is 12.1 Å². The molecule has 0 fully saturated rings. The Kier molecular flexibility index (Phi) is 1.51. The lowest BCUT2D eigenvalue weighted by atomic mass is 10.2. The Hall–Kier alpha value is -0.730. The molecule has 0 saturated carbocycles. The van der Waals surface area contributed by atoms with Gasteiger partial charge in [0.25, 0.3) is 0 Å². The predicted octanol–water partition coefficient (Wildman–Crippen LogP) is 3.26. The van der Waals surface area contributed by atoms with Crippen LogP contribution in [0.5, 0.6) is 5.75 Å². The molecular weight excluding hydrogens is 180 g/mol. The van der Waals surface area contributed by atoms with Gasteiger partial charge in [0.2, 0.25) is 0 Å². The molecule has 0 spiro atoms. The molecule has 56 valence electrons. The molecule has 0 amide bonds. The van der Waals surface area contributed by atoms with E-state index in [9.17, 15) is 5.11 Å². The van der Waals surface area contributed by atoms with Gasteiger partial charge in [-0.15, -0.1) is 11.3 Å². The highest BCUT2D eigenvalue weighted by Gasteiger charge is 2.01. The zero-order valence-electron chi connectivity index (χ0n) is 5.54. The summed E-state index contributed by atoms with van der Waals surface area (Å²) in [5, 5.41) is 12.6. The highest BCUT2D eigenvalue weighted by atomic mass is 35.5. The first-order valence-electron chi connectivity index (χ1n) is 3.13. The van der Waals surface area contributed by atoms with Crippen LogP contribution in [0, 0.1) is 0 Å². The monoisotopic (exact) mass is 184 g/mol. The maximum absolute atomic E-state index is 9.27. The minimum Gasteiger partial charge on any atom is -0.506 e. The minimum atomic E-state index is 0.335. The van der Waals surface area contributed by atoms with E-state index in [4.69, 9.17) is 11.6 Å². The van der Waals surface area contributed by atoms with E-state index in [0.29, 0.717) is 10.8 Å². The van der Waals surface area contributed by atoms with Crippen molar-refractivity contribution in [2.24, 2.45) is 0 Å². The summed E-state index contributed by atoms with van der Waals surface area (Å²) in [6.45, 7) is 0. The summed E-state index contributed by atoms with van der Waals surface area (Å²) >= 11 is 7.25. The predicted molar refractivity (Wildman–Crippen MR) is 48.5 cm³/mol. The molecule has 1 aromatic heterocycles. The summed E-state index contributed by atoms with van der Waals surface area (Å²) in [4.78, 5) is 0. The molecule has 0 aliphatic carbocycles. The van der Waals surface area contributed by atoms with Crippen molar-refractivity contribution in [1.82, 2.24) is 0 Å². The van der Waals surface area contributed by atoms with Crippen LogP contribution >= 0.6 is 22.9 Å². The average Bonchev–Trinajstić information content (AvgIpc) is 2.32. The third-order valence-electron chi connectivity index (χ3n) is 1.52. The topological polar surface area (TPSA) is 20.2 Å². The first-order chi connectivity index (χ1) is 5.27. The molecule has 0 unspecified atom stereocenters.